The molecule has 1 atom stereocenters. The topological polar surface area (TPSA) is 52.3 Å². The summed E-state index contributed by atoms with van der Waals surface area (Å²) in [6.45, 7) is 4.64. The fraction of sp³-hybridized carbons (Fsp3) is 0.217. The molecule has 0 spiro atoms. The molecule has 2 aromatic carbocycles. The Morgan fingerprint density at radius 1 is 1.07 bits per heavy atom. The van der Waals surface area contributed by atoms with Crippen LogP contribution in [-0.2, 0) is 0 Å². The lowest BCUT2D eigenvalue weighted by molar-refractivity contribution is 0.0948. The molecule has 0 radical (unpaired) electrons. The maximum atomic E-state index is 12.1. The van der Waals surface area contributed by atoms with Gasteiger partial charge in [-0.3, -0.25) is 4.79 Å². The van der Waals surface area contributed by atoms with E-state index in [2.05, 4.69) is 16.8 Å². The van der Waals surface area contributed by atoms with Crippen LogP contribution in [0.3, 0.4) is 0 Å². The zero-order valence-corrected chi connectivity index (χ0v) is 15.4. The molecule has 4 heteroatoms. The summed E-state index contributed by atoms with van der Waals surface area (Å²) in [6, 6.07) is 15.7. The van der Waals surface area contributed by atoms with Crippen molar-refractivity contribution in [3.05, 3.63) is 83.6 Å². The number of oxazole rings is 1. The van der Waals surface area contributed by atoms with E-state index in [4.69, 9.17) is 9.15 Å². The number of Topliss-reactive ketones (excluding diaryl/α,β-unsaturated/α-hetero) is 1. The normalized spacial score (nSPS) is 11.3. The van der Waals surface area contributed by atoms with E-state index in [9.17, 15) is 4.79 Å². The predicted molar refractivity (Wildman–Crippen MR) is 104 cm³/mol. The second kappa shape index (κ2) is 8.86. The fourth-order valence-electron chi connectivity index (χ4n) is 2.69. The average molecular weight is 359 g/mol. The molecule has 0 aliphatic carbocycles. The first kappa shape index (κ1) is 18.5. The third-order valence-corrected chi connectivity index (χ3v) is 4.19. The number of carbonyl (C=O) groups excluding carboxylic acids is 1. The molecule has 4 nitrogen and oxygen atoms in total. The number of ketones is 1. The number of hydrogen-bond acceptors (Lipinski definition) is 4. The first-order valence-corrected chi connectivity index (χ1v) is 8.92. The van der Waals surface area contributed by atoms with Gasteiger partial charge in [-0.05, 0) is 54.8 Å². The van der Waals surface area contributed by atoms with Gasteiger partial charge in [-0.15, -0.1) is 0 Å². The minimum atomic E-state index is -0.0423. The third-order valence-electron chi connectivity index (χ3n) is 4.19. The summed E-state index contributed by atoms with van der Waals surface area (Å²) in [5.41, 5.74) is 2.96. The number of nitrogens with zero attached hydrogens (tertiary/aromatic N) is 1. The average Bonchev–Trinajstić information content (AvgIpc) is 3.23. The standard InChI is InChI=1S/C23H21NO3/c1-3-26-21-12-8-19(9-13-21)5-4-18-6-10-20(11-7-18)17(2)14-22(25)23-15-24-16-27-23/h6-13,15-17H,3,14H2,1-2H3. The highest BCUT2D eigenvalue weighted by atomic mass is 16.5. The molecule has 0 amide bonds. The largest absolute Gasteiger partial charge is 0.494 e. The Kier molecular flexibility index (Phi) is 6.06. The predicted octanol–water partition coefficient (Wildman–Crippen LogP) is 4.85. The molecule has 0 fully saturated rings. The van der Waals surface area contributed by atoms with Crippen LogP contribution in [0.4, 0.5) is 0 Å². The summed E-state index contributed by atoms with van der Waals surface area (Å²) in [7, 11) is 0. The Morgan fingerprint density at radius 2 is 1.70 bits per heavy atom. The van der Waals surface area contributed by atoms with E-state index in [-0.39, 0.29) is 11.7 Å². The number of benzene rings is 2. The highest BCUT2D eigenvalue weighted by Gasteiger charge is 2.15. The van der Waals surface area contributed by atoms with Crippen LogP contribution in [0.1, 0.15) is 53.4 Å². The molecule has 0 bridgehead atoms. The molecule has 0 saturated carbocycles. The first-order chi connectivity index (χ1) is 13.2. The molecule has 3 aromatic rings. The second-order valence-electron chi connectivity index (χ2n) is 6.22. The summed E-state index contributed by atoms with van der Waals surface area (Å²) in [6.07, 6.45) is 3.11. The lowest BCUT2D eigenvalue weighted by Crippen LogP contribution is -2.04. The lowest BCUT2D eigenvalue weighted by Gasteiger charge is -2.10. The molecule has 1 heterocycles. The van der Waals surface area contributed by atoms with E-state index in [0.717, 1.165) is 22.4 Å². The SMILES string of the molecule is CCOc1ccc(C#Cc2ccc(C(C)CC(=O)c3cnco3)cc2)cc1. The molecule has 0 saturated heterocycles. The van der Waals surface area contributed by atoms with Crippen LogP contribution in [0.25, 0.3) is 0 Å². The Hall–Kier alpha value is -3.32. The van der Waals surface area contributed by atoms with Crippen LogP contribution < -0.4 is 4.74 Å². The van der Waals surface area contributed by atoms with Gasteiger partial charge in [-0.1, -0.05) is 30.9 Å². The van der Waals surface area contributed by atoms with Gasteiger partial charge in [0.05, 0.1) is 12.8 Å². The van der Waals surface area contributed by atoms with Gasteiger partial charge in [-0.25, -0.2) is 4.98 Å². The van der Waals surface area contributed by atoms with Crippen molar-refractivity contribution in [3.63, 3.8) is 0 Å². The number of hydrogen-bond donors (Lipinski definition) is 0. The zero-order chi connectivity index (χ0) is 19.1. The number of carbonyl (C=O) groups is 1. The highest BCUT2D eigenvalue weighted by molar-refractivity contribution is 5.93. The van der Waals surface area contributed by atoms with Gasteiger partial charge in [0.1, 0.15) is 5.75 Å². The van der Waals surface area contributed by atoms with Gasteiger partial charge >= 0.3 is 0 Å². The lowest BCUT2D eigenvalue weighted by atomic mass is 9.94. The molecular weight excluding hydrogens is 338 g/mol. The third kappa shape index (κ3) is 5.08. The Balaban J connectivity index is 1.62. The van der Waals surface area contributed by atoms with Crippen LogP contribution in [-0.4, -0.2) is 17.4 Å². The molecule has 0 aliphatic heterocycles. The van der Waals surface area contributed by atoms with Crippen molar-refractivity contribution in [1.82, 2.24) is 4.98 Å². The van der Waals surface area contributed by atoms with E-state index in [1.807, 2.05) is 62.4 Å². The van der Waals surface area contributed by atoms with Crippen molar-refractivity contribution < 1.29 is 13.9 Å². The van der Waals surface area contributed by atoms with E-state index in [1.54, 1.807) is 0 Å². The van der Waals surface area contributed by atoms with Gasteiger partial charge in [0, 0.05) is 17.5 Å². The molecule has 27 heavy (non-hydrogen) atoms. The summed E-state index contributed by atoms with van der Waals surface area (Å²) in [5, 5.41) is 0. The van der Waals surface area contributed by atoms with Gasteiger partial charge in [0.25, 0.3) is 0 Å². The van der Waals surface area contributed by atoms with Crippen molar-refractivity contribution in [2.45, 2.75) is 26.2 Å². The molecule has 1 aromatic heterocycles. The van der Waals surface area contributed by atoms with Crippen molar-refractivity contribution >= 4 is 5.78 Å². The van der Waals surface area contributed by atoms with E-state index in [0.29, 0.717) is 18.8 Å². The maximum Gasteiger partial charge on any atom is 0.200 e. The molecule has 136 valence electrons. The van der Waals surface area contributed by atoms with Crippen molar-refractivity contribution in [2.75, 3.05) is 6.61 Å². The van der Waals surface area contributed by atoms with Crippen LogP contribution >= 0.6 is 0 Å². The first-order valence-electron chi connectivity index (χ1n) is 8.92. The van der Waals surface area contributed by atoms with Crippen LogP contribution in [0.15, 0.2) is 65.5 Å². The summed E-state index contributed by atoms with van der Waals surface area (Å²) in [5.74, 6) is 7.52. The van der Waals surface area contributed by atoms with E-state index < -0.39 is 0 Å². The molecule has 3 rings (SSSR count). The quantitative estimate of drug-likeness (QED) is 0.466. The zero-order valence-electron chi connectivity index (χ0n) is 15.4. The van der Waals surface area contributed by atoms with Crippen molar-refractivity contribution in [2.24, 2.45) is 0 Å². The smallest absolute Gasteiger partial charge is 0.200 e. The van der Waals surface area contributed by atoms with E-state index >= 15 is 0 Å². The van der Waals surface area contributed by atoms with Gasteiger partial charge < -0.3 is 9.15 Å². The molecular formula is C23H21NO3. The van der Waals surface area contributed by atoms with Gasteiger partial charge in [0.15, 0.2) is 17.9 Å². The maximum absolute atomic E-state index is 12.1. The molecule has 1 unspecified atom stereocenters. The highest BCUT2D eigenvalue weighted by Crippen LogP contribution is 2.21. The molecule has 0 aliphatic rings. The van der Waals surface area contributed by atoms with Crippen molar-refractivity contribution in [3.8, 4) is 17.6 Å². The van der Waals surface area contributed by atoms with E-state index in [1.165, 1.54) is 12.6 Å². The Morgan fingerprint density at radius 3 is 2.26 bits per heavy atom. The fourth-order valence-corrected chi connectivity index (χ4v) is 2.69. The summed E-state index contributed by atoms with van der Waals surface area (Å²) < 4.78 is 10.5. The van der Waals surface area contributed by atoms with Gasteiger partial charge in [-0.2, -0.15) is 0 Å². The summed E-state index contributed by atoms with van der Waals surface area (Å²) in [4.78, 5) is 15.9. The Bertz CT molecular complexity index is 930. The number of rotatable bonds is 6. The number of ether oxygens (including phenoxy) is 1. The molecule has 0 N–H and O–H groups in total. The van der Waals surface area contributed by atoms with Gasteiger partial charge in [0.2, 0.25) is 0 Å². The monoisotopic (exact) mass is 359 g/mol. The minimum Gasteiger partial charge on any atom is -0.494 e. The van der Waals surface area contributed by atoms with Crippen LogP contribution in [0.2, 0.25) is 0 Å². The summed E-state index contributed by atoms with van der Waals surface area (Å²) >= 11 is 0. The van der Waals surface area contributed by atoms with Crippen molar-refractivity contribution in [1.29, 1.82) is 0 Å². The second-order valence-corrected chi connectivity index (χ2v) is 6.22. The van der Waals surface area contributed by atoms with Crippen LogP contribution in [0.5, 0.6) is 5.75 Å². The Labute approximate surface area is 159 Å². The minimum absolute atomic E-state index is 0.0423. The van der Waals surface area contributed by atoms with Crippen LogP contribution in [0, 0.1) is 11.8 Å². The number of aromatic nitrogens is 1.